The Bertz CT molecular complexity index is 958. The van der Waals surface area contributed by atoms with E-state index in [1.54, 1.807) is 0 Å². The number of sulfonamides is 1. The average Bonchev–Trinajstić information content (AvgIpc) is 2.80. The van der Waals surface area contributed by atoms with Crippen LogP contribution >= 0.6 is 0 Å². The number of anilines is 1. The van der Waals surface area contributed by atoms with Gasteiger partial charge in [-0.25, -0.2) is 13.1 Å². The van der Waals surface area contributed by atoms with E-state index < -0.39 is 10.0 Å². The normalized spacial score (nSPS) is 14.8. The van der Waals surface area contributed by atoms with Crippen LogP contribution in [0.3, 0.4) is 0 Å². The van der Waals surface area contributed by atoms with Crippen LogP contribution in [0.15, 0.2) is 48.5 Å². The maximum atomic E-state index is 12.2. The molecule has 0 spiro atoms. The van der Waals surface area contributed by atoms with Gasteiger partial charge in [-0.05, 0) is 88.2 Å². The predicted molar refractivity (Wildman–Crippen MR) is 138 cm³/mol. The molecule has 1 heterocycles. The minimum atomic E-state index is -3.34. The van der Waals surface area contributed by atoms with Crippen molar-refractivity contribution in [2.75, 3.05) is 43.9 Å². The topological polar surface area (TPSA) is 79.9 Å². The largest absolute Gasteiger partial charge is 0.494 e. The number of likely N-dealkylation sites (tertiary alicyclic amines) is 1. The van der Waals surface area contributed by atoms with Crippen LogP contribution < -0.4 is 19.5 Å². The molecule has 0 bridgehead atoms. The third kappa shape index (κ3) is 9.91. The van der Waals surface area contributed by atoms with Gasteiger partial charge >= 0.3 is 0 Å². The lowest BCUT2D eigenvalue weighted by atomic mass is 10.1. The van der Waals surface area contributed by atoms with E-state index >= 15 is 0 Å². The zero-order valence-corrected chi connectivity index (χ0v) is 21.3. The number of benzene rings is 2. The second kappa shape index (κ2) is 13.6. The van der Waals surface area contributed by atoms with Crippen molar-refractivity contribution in [1.29, 1.82) is 0 Å². The van der Waals surface area contributed by atoms with Gasteiger partial charge in [0.2, 0.25) is 10.0 Å². The first-order valence-electron chi connectivity index (χ1n) is 12.3. The summed E-state index contributed by atoms with van der Waals surface area (Å²) in [7, 11) is -3.34. The van der Waals surface area contributed by atoms with Crippen molar-refractivity contribution >= 4 is 15.7 Å². The van der Waals surface area contributed by atoms with Crippen LogP contribution in [0.2, 0.25) is 0 Å². The van der Waals surface area contributed by atoms with Gasteiger partial charge in [0.25, 0.3) is 0 Å². The molecule has 1 aliphatic rings. The molecular weight excluding hydrogens is 450 g/mol. The molecule has 0 radical (unpaired) electrons. The molecule has 34 heavy (non-hydrogen) atoms. The molecule has 8 heteroatoms. The van der Waals surface area contributed by atoms with Crippen molar-refractivity contribution in [3.8, 4) is 11.5 Å². The smallest absolute Gasteiger partial charge is 0.213 e. The molecule has 0 aliphatic carbocycles. The first-order valence-corrected chi connectivity index (χ1v) is 14.0. The van der Waals surface area contributed by atoms with E-state index in [0.29, 0.717) is 26.1 Å². The summed E-state index contributed by atoms with van der Waals surface area (Å²) < 4.78 is 38.6. The molecule has 188 valence electrons. The van der Waals surface area contributed by atoms with Crippen molar-refractivity contribution in [2.45, 2.75) is 52.2 Å². The Balaban J connectivity index is 1.30. The molecule has 0 amide bonds. The maximum Gasteiger partial charge on any atom is 0.213 e. The minimum Gasteiger partial charge on any atom is -0.494 e. The molecule has 3 rings (SSSR count). The molecule has 1 fully saturated rings. The molecule has 2 aromatic carbocycles. The summed E-state index contributed by atoms with van der Waals surface area (Å²) in [5, 5.41) is 3.14. The lowest BCUT2D eigenvalue weighted by molar-refractivity contribution is 0.220. The van der Waals surface area contributed by atoms with E-state index in [2.05, 4.69) is 27.1 Å². The van der Waals surface area contributed by atoms with Gasteiger partial charge < -0.3 is 14.8 Å². The monoisotopic (exact) mass is 489 g/mol. The summed E-state index contributed by atoms with van der Waals surface area (Å²) in [6, 6.07) is 15.7. The molecule has 1 aliphatic heterocycles. The van der Waals surface area contributed by atoms with Crippen molar-refractivity contribution in [1.82, 2.24) is 9.62 Å². The van der Waals surface area contributed by atoms with Crippen molar-refractivity contribution in [3.05, 3.63) is 54.1 Å². The number of hydrogen-bond acceptors (Lipinski definition) is 6. The predicted octanol–water partition coefficient (Wildman–Crippen LogP) is 4.26. The van der Waals surface area contributed by atoms with Crippen molar-refractivity contribution < 1.29 is 17.9 Å². The fourth-order valence-corrected chi connectivity index (χ4v) is 4.90. The van der Waals surface area contributed by atoms with Gasteiger partial charge in [-0.2, -0.15) is 0 Å². The van der Waals surface area contributed by atoms with Gasteiger partial charge in [0.15, 0.2) is 0 Å². The SMILES string of the molecule is CC(C)Oc1ccc(NCCS(=O)(=O)NCCCOc2cccc(CN3CCCCC3)c2)cc1. The lowest BCUT2D eigenvalue weighted by Crippen LogP contribution is -2.31. The molecule has 0 atom stereocenters. The first-order chi connectivity index (χ1) is 16.4. The summed E-state index contributed by atoms with van der Waals surface area (Å²) >= 11 is 0. The highest BCUT2D eigenvalue weighted by Crippen LogP contribution is 2.18. The lowest BCUT2D eigenvalue weighted by Gasteiger charge is -2.26. The Morgan fingerprint density at radius 3 is 2.47 bits per heavy atom. The van der Waals surface area contributed by atoms with E-state index in [0.717, 1.165) is 23.7 Å². The van der Waals surface area contributed by atoms with Crippen LogP contribution in [-0.4, -0.2) is 58.0 Å². The van der Waals surface area contributed by atoms with Gasteiger partial charge in [0, 0.05) is 25.3 Å². The number of nitrogens with one attached hydrogen (secondary N) is 2. The maximum absolute atomic E-state index is 12.2. The van der Waals surface area contributed by atoms with Crippen LogP contribution in [0.5, 0.6) is 11.5 Å². The molecule has 2 aromatic rings. The van der Waals surface area contributed by atoms with Gasteiger partial charge in [0.1, 0.15) is 11.5 Å². The van der Waals surface area contributed by atoms with Gasteiger partial charge in [-0.15, -0.1) is 0 Å². The molecular formula is C26H39N3O4S. The van der Waals surface area contributed by atoms with Crippen LogP contribution in [0.4, 0.5) is 5.69 Å². The van der Waals surface area contributed by atoms with Crippen molar-refractivity contribution in [3.63, 3.8) is 0 Å². The Morgan fingerprint density at radius 2 is 1.74 bits per heavy atom. The zero-order chi connectivity index (χ0) is 24.2. The van der Waals surface area contributed by atoms with E-state index in [-0.39, 0.29) is 11.9 Å². The third-order valence-corrected chi connectivity index (χ3v) is 6.98. The van der Waals surface area contributed by atoms with Crippen LogP contribution in [0, 0.1) is 0 Å². The minimum absolute atomic E-state index is 0.0106. The van der Waals surface area contributed by atoms with Crippen LogP contribution in [0.25, 0.3) is 0 Å². The summed E-state index contributed by atoms with van der Waals surface area (Å²) in [5.41, 5.74) is 2.12. The van der Waals surface area contributed by atoms with E-state index in [1.165, 1.54) is 37.9 Å². The quantitative estimate of drug-likeness (QED) is 0.386. The molecule has 0 saturated carbocycles. The van der Waals surface area contributed by atoms with E-state index in [1.807, 2.05) is 50.2 Å². The van der Waals surface area contributed by atoms with Crippen molar-refractivity contribution in [2.24, 2.45) is 0 Å². The van der Waals surface area contributed by atoms with Gasteiger partial charge in [0.05, 0.1) is 18.5 Å². The highest BCUT2D eigenvalue weighted by Gasteiger charge is 2.11. The second-order valence-electron chi connectivity index (χ2n) is 9.02. The van der Waals surface area contributed by atoms with Gasteiger partial charge in [-0.1, -0.05) is 18.6 Å². The highest BCUT2D eigenvalue weighted by molar-refractivity contribution is 7.89. The standard InChI is InChI=1S/C26H39N3O4S/c1-22(2)33-25-12-10-24(11-13-25)27-15-19-34(30,31)28-14-7-18-32-26-9-6-8-23(20-26)21-29-16-4-3-5-17-29/h6,8-13,20,22,27-28H,3-5,7,14-19,21H2,1-2H3. The fourth-order valence-electron chi connectivity index (χ4n) is 3.92. The molecule has 0 aromatic heterocycles. The fraction of sp³-hybridized carbons (Fsp3) is 0.538. The average molecular weight is 490 g/mol. The Kier molecular flexibility index (Phi) is 10.5. The summed E-state index contributed by atoms with van der Waals surface area (Å²) in [5.74, 6) is 1.65. The number of piperidine rings is 1. The summed E-state index contributed by atoms with van der Waals surface area (Å²) in [6.07, 6.45) is 4.63. The molecule has 2 N–H and O–H groups in total. The zero-order valence-electron chi connectivity index (χ0n) is 20.5. The Hall–Kier alpha value is -2.29. The summed E-state index contributed by atoms with van der Waals surface area (Å²) in [4.78, 5) is 2.49. The number of hydrogen-bond donors (Lipinski definition) is 2. The van der Waals surface area contributed by atoms with Crippen LogP contribution in [0.1, 0.15) is 45.1 Å². The second-order valence-corrected chi connectivity index (χ2v) is 10.9. The summed E-state index contributed by atoms with van der Waals surface area (Å²) in [6.45, 7) is 8.41. The van der Waals surface area contributed by atoms with Gasteiger partial charge in [-0.3, -0.25) is 4.90 Å². The first kappa shape index (κ1) is 26.3. The molecule has 7 nitrogen and oxygen atoms in total. The number of rotatable bonds is 14. The third-order valence-electron chi connectivity index (χ3n) is 5.59. The highest BCUT2D eigenvalue weighted by atomic mass is 32.2. The Morgan fingerprint density at radius 1 is 0.971 bits per heavy atom. The van der Waals surface area contributed by atoms with E-state index in [4.69, 9.17) is 9.47 Å². The van der Waals surface area contributed by atoms with Crippen LogP contribution in [-0.2, 0) is 16.6 Å². The Labute approximate surface area is 204 Å². The number of ether oxygens (including phenoxy) is 2. The number of nitrogens with zero attached hydrogens (tertiary/aromatic N) is 1. The van der Waals surface area contributed by atoms with E-state index in [9.17, 15) is 8.42 Å². The molecule has 1 saturated heterocycles. The molecule has 0 unspecified atom stereocenters.